The Balaban J connectivity index is 1.31. The number of hydrogen-bond acceptors (Lipinski definition) is 5. The highest BCUT2D eigenvalue weighted by molar-refractivity contribution is 7.89. The van der Waals surface area contributed by atoms with Crippen molar-refractivity contribution in [2.24, 2.45) is 11.1 Å². The number of benzene rings is 2. The number of fused-ring (bicyclic) bond motifs is 1. The standard InChI is InChI=1S/C21H25N5O3S/c22-30(28,29)17-9-7-15(8-10-17)11-12-23-20(27)16-4-3-13-26(14-16)21-24-18-5-1-2-6-19(18)25-21/h1-2,5-10,16H,3-4,11-14H2,(H,23,27)(H,24,25)(H2,22,28,29). The maximum atomic E-state index is 12.7. The third kappa shape index (κ3) is 4.63. The number of sulfonamides is 1. The molecule has 0 radical (unpaired) electrons. The number of nitrogens with two attached hydrogens (primary N) is 1. The molecule has 9 heteroatoms. The molecule has 4 N–H and O–H groups in total. The molecule has 0 bridgehead atoms. The van der Waals surface area contributed by atoms with Gasteiger partial charge in [0.2, 0.25) is 21.9 Å². The summed E-state index contributed by atoms with van der Waals surface area (Å²) in [6, 6.07) is 14.3. The van der Waals surface area contributed by atoms with Gasteiger partial charge in [-0.05, 0) is 49.1 Å². The van der Waals surface area contributed by atoms with Gasteiger partial charge in [0, 0.05) is 19.6 Å². The zero-order valence-corrected chi connectivity index (χ0v) is 17.4. The van der Waals surface area contributed by atoms with Crippen molar-refractivity contribution in [3.05, 3.63) is 54.1 Å². The van der Waals surface area contributed by atoms with Gasteiger partial charge in [0.25, 0.3) is 0 Å². The molecule has 1 amide bonds. The Bertz CT molecular complexity index is 1110. The Morgan fingerprint density at radius 1 is 1.20 bits per heavy atom. The Morgan fingerprint density at radius 2 is 1.97 bits per heavy atom. The van der Waals surface area contributed by atoms with E-state index in [2.05, 4.69) is 20.2 Å². The zero-order valence-electron chi connectivity index (χ0n) is 16.5. The van der Waals surface area contributed by atoms with E-state index in [1.54, 1.807) is 12.1 Å². The van der Waals surface area contributed by atoms with Crippen molar-refractivity contribution in [3.63, 3.8) is 0 Å². The lowest BCUT2D eigenvalue weighted by Gasteiger charge is -2.31. The van der Waals surface area contributed by atoms with Gasteiger partial charge >= 0.3 is 0 Å². The van der Waals surface area contributed by atoms with Gasteiger partial charge in [-0.1, -0.05) is 24.3 Å². The smallest absolute Gasteiger partial charge is 0.238 e. The van der Waals surface area contributed by atoms with E-state index in [1.807, 2.05) is 24.3 Å². The van der Waals surface area contributed by atoms with E-state index in [1.165, 1.54) is 12.1 Å². The molecule has 1 unspecified atom stereocenters. The van der Waals surface area contributed by atoms with Gasteiger partial charge in [0.1, 0.15) is 0 Å². The highest BCUT2D eigenvalue weighted by Gasteiger charge is 2.27. The monoisotopic (exact) mass is 427 g/mol. The lowest BCUT2D eigenvalue weighted by Crippen LogP contribution is -2.43. The van der Waals surface area contributed by atoms with Crippen LogP contribution in [0.4, 0.5) is 5.95 Å². The molecule has 3 aromatic rings. The Labute approximate surface area is 175 Å². The molecule has 0 aliphatic carbocycles. The van der Waals surface area contributed by atoms with Crippen molar-refractivity contribution in [2.75, 3.05) is 24.5 Å². The summed E-state index contributed by atoms with van der Waals surface area (Å²) in [7, 11) is -3.69. The fourth-order valence-corrected chi connectivity index (χ4v) is 4.31. The van der Waals surface area contributed by atoms with Crippen LogP contribution < -0.4 is 15.4 Å². The van der Waals surface area contributed by atoms with Gasteiger partial charge in [0.05, 0.1) is 21.8 Å². The van der Waals surface area contributed by atoms with E-state index < -0.39 is 10.0 Å². The third-order valence-electron chi connectivity index (χ3n) is 5.43. The Hall–Kier alpha value is -2.91. The van der Waals surface area contributed by atoms with Gasteiger partial charge in [-0.2, -0.15) is 0 Å². The van der Waals surface area contributed by atoms with Crippen LogP contribution in [0.25, 0.3) is 11.0 Å². The number of amides is 1. The number of nitrogens with zero attached hydrogens (tertiary/aromatic N) is 2. The van der Waals surface area contributed by atoms with Crippen LogP contribution in [0.1, 0.15) is 18.4 Å². The molecule has 30 heavy (non-hydrogen) atoms. The summed E-state index contributed by atoms with van der Waals surface area (Å²) in [6.45, 7) is 2.00. The topological polar surface area (TPSA) is 121 Å². The maximum Gasteiger partial charge on any atom is 0.238 e. The predicted octanol–water partition coefficient (Wildman–Crippen LogP) is 1.79. The van der Waals surface area contributed by atoms with Crippen molar-refractivity contribution in [1.29, 1.82) is 0 Å². The molecule has 0 saturated carbocycles. The van der Waals surface area contributed by atoms with E-state index in [4.69, 9.17) is 5.14 Å². The number of imidazole rings is 1. The summed E-state index contributed by atoms with van der Waals surface area (Å²) in [5.41, 5.74) is 2.86. The van der Waals surface area contributed by atoms with Crippen molar-refractivity contribution in [3.8, 4) is 0 Å². The first-order chi connectivity index (χ1) is 14.4. The molecule has 1 atom stereocenters. The zero-order chi connectivity index (χ0) is 21.1. The molecule has 0 spiro atoms. The second kappa shape index (κ2) is 8.45. The first-order valence-corrected chi connectivity index (χ1v) is 11.5. The molecular weight excluding hydrogens is 402 g/mol. The second-order valence-electron chi connectivity index (χ2n) is 7.59. The molecule has 1 aliphatic heterocycles. The number of H-pyrrole nitrogens is 1. The molecule has 1 aliphatic rings. The van der Waals surface area contributed by atoms with Gasteiger partial charge < -0.3 is 15.2 Å². The van der Waals surface area contributed by atoms with E-state index in [-0.39, 0.29) is 16.7 Å². The van der Waals surface area contributed by atoms with Crippen LogP contribution in [-0.2, 0) is 21.2 Å². The summed E-state index contributed by atoms with van der Waals surface area (Å²) in [5.74, 6) is 0.761. The number of rotatable bonds is 6. The van der Waals surface area contributed by atoms with Crippen LogP contribution in [0.15, 0.2) is 53.4 Å². The molecule has 2 heterocycles. The van der Waals surface area contributed by atoms with E-state index in [0.29, 0.717) is 19.5 Å². The van der Waals surface area contributed by atoms with Gasteiger partial charge in [0.15, 0.2) is 0 Å². The van der Waals surface area contributed by atoms with E-state index >= 15 is 0 Å². The first-order valence-electron chi connectivity index (χ1n) is 9.99. The summed E-state index contributed by atoms with van der Waals surface area (Å²) in [6.07, 6.45) is 2.41. The average molecular weight is 428 g/mol. The quantitative estimate of drug-likeness (QED) is 0.554. The van der Waals surface area contributed by atoms with Gasteiger partial charge in [-0.25, -0.2) is 18.5 Å². The number of aromatic nitrogens is 2. The van der Waals surface area contributed by atoms with Crippen molar-refractivity contribution >= 4 is 32.9 Å². The number of carbonyl (C=O) groups is 1. The number of carbonyl (C=O) groups excluding carboxylic acids is 1. The molecule has 1 aromatic heterocycles. The summed E-state index contributed by atoms with van der Waals surface area (Å²) < 4.78 is 22.6. The van der Waals surface area contributed by atoms with E-state index in [9.17, 15) is 13.2 Å². The van der Waals surface area contributed by atoms with Gasteiger partial charge in [-0.15, -0.1) is 0 Å². The normalized spacial score (nSPS) is 17.2. The molecule has 4 rings (SSSR count). The fourth-order valence-electron chi connectivity index (χ4n) is 3.79. The summed E-state index contributed by atoms with van der Waals surface area (Å²) >= 11 is 0. The largest absolute Gasteiger partial charge is 0.355 e. The minimum absolute atomic E-state index is 0.0389. The van der Waals surface area contributed by atoms with Crippen LogP contribution in [0, 0.1) is 5.92 Å². The highest BCUT2D eigenvalue weighted by Crippen LogP contribution is 2.23. The predicted molar refractivity (Wildman–Crippen MR) is 116 cm³/mol. The number of para-hydroxylation sites is 2. The third-order valence-corrected chi connectivity index (χ3v) is 6.36. The van der Waals surface area contributed by atoms with Crippen LogP contribution in [-0.4, -0.2) is 43.9 Å². The number of anilines is 1. The number of hydrogen-bond donors (Lipinski definition) is 3. The Morgan fingerprint density at radius 3 is 2.70 bits per heavy atom. The molecule has 2 aromatic carbocycles. The number of primary sulfonamides is 1. The second-order valence-corrected chi connectivity index (χ2v) is 9.15. The van der Waals surface area contributed by atoms with E-state index in [0.717, 1.165) is 41.9 Å². The van der Waals surface area contributed by atoms with Crippen molar-refractivity contribution in [2.45, 2.75) is 24.2 Å². The number of aromatic amines is 1. The SMILES string of the molecule is NS(=O)(=O)c1ccc(CCNC(=O)C2CCCN(c3nc4ccccc4[nH]3)C2)cc1. The van der Waals surface area contributed by atoms with Crippen LogP contribution in [0.2, 0.25) is 0 Å². The molecule has 8 nitrogen and oxygen atoms in total. The average Bonchev–Trinajstić information content (AvgIpc) is 3.18. The first kappa shape index (κ1) is 20.4. The minimum atomic E-state index is -3.69. The minimum Gasteiger partial charge on any atom is -0.355 e. The van der Waals surface area contributed by atoms with Crippen LogP contribution in [0.5, 0.6) is 0 Å². The molecule has 1 saturated heterocycles. The van der Waals surface area contributed by atoms with Gasteiger partial charge in [-0.3, -0.25) is 4.79 Å². The highest BCUT2D eigenvalue weighted by atomic mass is 32.2. The molecule has 158 valence electrons. The number of nitrogens with one attached hydrogen (secondary N) is 2. The van der Waals surface area contributed by atoms with Crippen LogP contribution in [0.3, 0.4) is 0 Å². The summed E-state index contributed by atoms with van der Waals surface area (Å²) in [5, 5.41) is 8.11. The number of piperidine rings is 1. The van der Waals surface area contributed by atoms with Crippen molar-refractivity contribution in [1.82, 2.24) is 15.3 Å². The lowest BCUT2D eigenvalue weighted by atomic mass is 9.97. The molecule has 1 fully saturated rings. The maximum absolute atomic E-state index is 12.7. The summed E-state index contributed by atoms with van der Waals surface area (Å²) in [4.78, 5) is 22.9. The Kier molecular flexibility index (Phi) is 5.74. The lowest BCUT2D eigenvalue weighted by molar-refractivity contribution is -0.125. The fraction of sp³-hybridized carbons (Fsp3) is 0.333. The van der Waals surface area contributed by atoms with Crippen molar-refractivity contribution < 1.29 is 13.2 Å². The molecular formula is C21H25N5O3S. The van der Waals surface area contributed by atoms with Crippen LogP contribution >= 0.6 is 0 Å².